The Balaban J connectivity index is 2.05. The molecule has 3 nitrogen and oxygen atoms in total. The molecule has 0 saturated heterocycles. The molecule has 0 bridgehead atoms. The van der Waals surface area contributed by atoms with E-state index in [0.29, 0.717) is 6.54 Å². The maximum absolute atomic E-state index is 12.4. The first-order chi connectivity index (χ1) is 8.76. The van der Waals surface area contributed by atoms with Crippen molar-refractivity contribution in [3.8, 4) is 0 Å². The highest BCUT2D eigenvalue weighted by Crippen LogP contribution is 2.26. The van der Waals surface area contributed by atoms with E-state index in [2.05, 4.69) is 24.9 Å². The maximum atomic E-state index is 12.4. The number of hydrogen-bond acceptors (Lipinski definition) is 2. The lowest BCUT2D eigenvalue weighted by Gasteiger charge is -2.24. The number of carbonyl (C=O) groups excluding carboxylic acids is 1. The quantitative estimate of drug-likeness (QED) is 0.807. The molecule has 1 aromatic rings. The number of fused-ring (bicyclic) bond motifs is 1. The van der Waals surface area contributed by atoms with Crippen LogP contribution in [0.3, 0.4) is 0 Å². The summed E-state index contributed by atoms with van der Waals surface area (Å²) in [6, 6.07) is 8.00. The summed E-state index contributed by atoms with van der Waals surface area (Å²) < 4.78 is 0. The molecule has 0 aliphatic carbocycles. The minimum Gasteiger partial charge on any atom is -0.373 e. The SMILES string of the molecule is C=CCN(CCC)C(=O)C1Cc2ccccc2N1. The Hall–Kier alpha value is -1.77. The molecule has 3 heteroatoms. The second-order valence-corrected chi connectivity index (χ2v) is 4.63. The van der Waals surface area contributed by atoms with Crippen molar-refractivity contribution in [1.29, 1.82) is 0 Å². The molecule has 0 saturated carbocycles. The second kappa shape index (κ2) is 5.71. The van der Waals surface area contributed by atoms with Crippen molar-refractivity contribution in [2.45, 2.75) is 25.8 Å². The third-order valence-electron chi connectivity index (χ3n) is 3.22. The van der Waals surface area contributed by atoms with E-state index in [1.54, 1.807) is 6.08 Å². The van der Waals surface area contributed by atoms with Gasteiger partial charge in [0.05, 0.1) is 0 Å². The summed E-state index contributed by atoms with van der Waals surface area (Å²) in [6.07, 6.45) is 3.54. The van der Waals surface area contributed by atoms with Crippen LogP contribution in [0, 0.1) is 0 Å². The van der Waals surface area contributed by atoms with Crippen LogP contribution in [-0.2, 0) is 11.2 Å². The van der Waals surface area contributed by atoms with Crippen molar-refractivity contribution in [1.82, 2.24) is 4.90 Å². The molecule has 1 aliphatic rings. The standard InChI is InChI=1S/C15H20N2O/c1-3-9-17(10-4-2)15(18)14-11-12-7-5-6-8-13(12)16-14/h3,5-8,14,16H,1,4,9-11H2,2H3. The minimum atomic E-state index is -0.117. The van der Waals surface area contributed by atoms with Gasteiger partial charge in [-0.25, -0.2) is 0 Å². The molecule has 18 heavy (non-hydrogen) atoms. The topological polar surface area (TPSA) is 32.3 Å². The van der Waals surface area contributed by atoms with Crippen LogP contribution in [0.5, 0.6) is 0 Å². The van der Waals surface area contributed by atoms with Gasteiger partial charge in [0, 0.05) is 25.2 Å². The second-order valence-electron chi connectivity index (χ2n) is 4.63. The number of benzene rings is 1. The number of rotatable bonds is 5. The van der Waals surface area contributed by atoms with E-state index in [-0.39, 0.29) is 11.9 Å². The predicted molar refractivity (Wildman–Crippen MR) is 74.6 cm³/mol. The zero-order valence-electron chi connectivity index (χ0n) is 10.9. The number of carbonyl (C=O) groups is 1. The van der Waals surface area contributed by atoms with E-state index >= 15 is 0 Å². The fourth-order valence-electron chi connectivity index (χ4n) is 2.38. The molecule has 0 fully saturated rings. The number of para-hydroxylation sites is 1. The first kappa shape index (κ1) is 12.7. The summed E-state index contributed by atoms with van der Waals surface area (Å²) in [5.74, 6) is 0.174. The lowest BCUT2D eigenvalue weighted by molar-refractivity contribution is -0.131. The van der Waals surface area contributed by atoms with Crippen LogP contribution >= 0.6 is 0 Å². The summed E-state index contributed by atoms with van der Waals surface area (Å²) in [5, 5.41) is 3.31. The Morgan fingerprint density at radius 3 is 3.00 bits per heavy atom. The Labute approximate surface area is 108 Å². The average Bonchev–Trinajstić information content (AvgIpc) is 2.81. The average molecular weight is 244 g/mol. The molecule has 1 N–H and O–H groups in total. The molecule has 0 aromatic heterocycles. The fraction of sp³-hybridized carbons (Fsp3) is 0.400. The Bertz CT molecular complexity index is 417. The van der Waals surface area contributed by atoms with Crippen LogP contribution < -0.4 is 5.32 Å². The normalized spacial score (nSPS) is 16.8. The van der Waals surface area contributed by atoms with Crippen molar-refractivity contribution >= 4 is 11.6 Å². The van der Waals surface area contributed by atoms with Crippen molar-refractivity contribution in [2.24, 2.45) is 0 Å². The zero-order valence-corrected chi connectivity index (χ0v) is 10.9. The number of anilines is 1. The summed E-state index contributed by atoms with van der Waals surface area (Å²) in [7, 11) is 0. The highest BCUT2D eigenvalue weighted by molar-refractivity contribution is 5.87. The molecule has 0 radical (unpaired) electrons. The first-order valence-electron chi connectivity index (χ1n) is 6.50. The molecule has 1 aliphatic heterocycles. The summed E-state index contributed by atoms with van der Waals surface area (Å²) in [5.41, 5.74) is 2.32. The monoisotopic (exact) mass is 244 g/mol. The van der Waals surface area contributed by atoms with Crippen LogP contribution in [0.2, 0.25) is 0 Å². The van der Waals surface area contributed by atoms with Crippen LogP contribution in [0.1, 0.15) is 18.9 Å². The van der Waals surface area contributed by atoms with E-state index in [0.717, 1.165) is 25.1 Å². The van der Waals surface area contributed by atoms with Gasteiger partial charge >= 0.3 is 0 Å². The molecule has 1 aromatic carbocycles. The lowest BCUT2D eigenvalue weighted by Crippen LogP contribution is -2.42. The molecule has 0 spiro atoms. The van der Waals surface area contributed by atoms with Gasteiger partial charge in [-0.05, 0) is 18.1 Å². The number of hydrogen-bond donors (Lipinski definition) is 1. The van der Waals surface area contributed by atoms with Crippen molar-refractivity contribution in [3.63, 3.8) is 0 Å². The van der Waals surface area contributed by atoms with Crippen LogP contribution in [0.25, 0.3) is 0 Å². The highest BCUT2D eigenvalue weighted by atomic mass is 16.2. The third-order valence-corrected chi connectivity index (χ3v) is 3.22. The third kappa shape index (κ3) is 2.55. The van der Waals surface area contributed by atoms with Gasteiger partial charge in [0.25, 0.3) is 0 Å². The van der Waals surface area contributed by atoms with E-state index in [9.17, 15) is 4.79 Å². The van der Waals surface area contributed by atoms with Gasteiger partial charge in [0.2, 0.25) is 5.91 Å². The van der Waals surface area contributed by atoms with Crippen molar-refractivity contribution in [2.75, 3.05) is 18.4 Å². The lowest BCUT2D eigenvalue weighted by atomic mass is 10.1. The first-order valence-corrected chi connectivity index (χ1v) is 6.50. The molecular weight excluding hydrogens is 224 g/mol. The smallest absolute Gasteiger partial charge is 0.245 e. The maximum Gasteiger partial charge on any atom is 0.245 e. The number of nitrogens with one attached hydrogen (secondary N) is 1. The summed E-state index contributed by atoms with van der Waals surface area (Å²) in [4.78, 5) is 14.3. The molecule has 1 heterocycles. The summed E-state index contributed by atoms with van der Waals surface area (Å²) in [6.45, 7) is 7.22. The van der Waals surface area contributed by atoms with Crippen molar-refractivity contribution in [3.05, 3.63) is 42.5 Å². The fourth-order valence-corrected chi connectivity index (χ4v) is 2.38. The van der Waals surface area contributed by atoms with Crippen LogP contribution in [0.4, 0.5) is 5.69 Å². The Morgan fingerprint density at radius 2 is 2.33 bits per heavy atom. The Morgan fingerprint density at radius 1 is 1.56 bits per heavy atom. The van der Waals surface area contributed by atoms with Gasteiger partial charge in [-0.2, -0.15) is 0 Å². The Kier molecular flexibility index (Phi) is 4.03. The van der Waals surface area contributed by atoms with Gasteiger partial charge in [-0.3, -0.25) is 4.79 Å². The highest BCUT2D eigenvalue weighted by Gasteiger charge is 2.29. The van der Waals surface area contributed by atoms with Gasteiger partial charge in [-0.1, -0.05) is 31.2 Å². The van der Waals surface area contributed by atoms with E-state index in [1.165, 1.54) is 5.56 Å². The van der Waals surface area contributed by atoms with Crippen LogP contribution in [0.15, 0.2) is 36.9 Å². The van der Waals surface area contributed by atoms with Crippen molar-refractivity contribution < 1.29 is 4.79 Å². The van der Waals surface area contributed by atoms with E-state index < -0.39 is 0 Å². The van der Waals surface area contributed by atoms with E-state index in [4.69, 9.17) is 0 Å². The largest absolute Gasteiger partial charge is 0.373 e. The molecular formula is C15H20N2O. The zero-order chi connectivity index (χ0) is 13.0. The minimum absolute atomic E-state index is 0.117. The number of nitrogens with zero attached hydrogens (tertiary/aromatic N) is 1. The van der Waals surface area contributed by atoms with Gasteiger partial charge in [0.1, 0.15) is 6.04 Å². The number of amides is 1. The molecule has 1 amide bonds. The van der Waals surface area contributed by atoms with Gasteiger partial charge < -0.3 is 10.2 Å². The summed E-state index contributed by atoms with van der Waals surface area (Å²) >= 11 is 0. The molecule has 96 valence electrons. The molecule has 1 unspecified atom stereocenters. The van der Waals surface area contributed by atoms with Gasteiger partial charge in [-0.15, -0.1) is 6.58 Å². The van der Waals surface area contributed by atoms with Gasteiger partial charge in [0.15, 0.2) is 0 Å². The van der Waals surface area contributed by atoms with Crippen LogP contribution in [-0.4, -0.2) is 29.9 Å². The molecule has 2 rings (SSSR count). The molecule has 1 atom stereocenters. The van der Waals surface area contributed by atoms with E-state index in [1.807, 2.05) is 23.1 Å². The predicted octanol–water partition coefficient (Wildman–Crippen LogP) is 2.45.